The molecule has 1 heteroatoms. The highest BCUT2D eigenvalue weighted by atomic mass is 16.5. The van der Waals surface area contributed by atoms with E-state index in [1.807, 2.05) is 0 Å². The van der Waals surface area contributed by atoms with E-state index in [-0.39, 0.29) is 0 Å². The summed E-state index contributed by atoms with van der Waals surface area (Å²) < 4.78 is 5.85. The van der Waals surface area contributed by atoms with Gasteiger partial charge in [0.05, 0.1) is 6.61 Å². The van der Waals surface area contributed by atoms with Gasteiger partial charge in [-0.2, -0.15) is 0 Å². The van der Waals surface area contributed by atoms with E-state index in [0.717, 1.165) is 18.8 Å². The third kappa shape index (κ3) is 6.09. The molecular formula is C17H28O. The van der Waals surface area contributed by atoms with Crippen LogP contribution in [0.4, 0.5) is 0 Å². The van der Waals surface area contributed by atoms with Gasteiger partial charge in [0.2, 0.25) is 0 Å². The molecule has 0 saturated heterocycles. The topological polar surface area (TPSA) is 9.23 Å². The van der Waals surface area contributed by atoms with Crippen LogP contribution >= 0.6 is 0 Å². The lowest BCUT2D eigenvalue weighted by molar-refractivity contribution is 0.293. The Kier molecular flexibility index (Phi) is 5.71. The molecule has 0 aliphatic carbocycles. The van der Waals surface area contributed by atoms with Crippen LogP contribution in [0.25, 0.3) is 0 Å². The van der Waals surface area contributed by atoms with Crippen molar-refractivity contribution in [3.8, 4) is 5.75 Å². The molecule has 0 radical (unpaired) electrons. The standard InChI is InChI=1S/C17H28O/c1-14-9-10-15(2)16(13-14)18-12-8-6-7-11-17(3,4)5/h9-10,13H,6-8,11-12H2,1-5H3. The second-order valence-electron chi connectivity index (χ2n) is 6.49. The van der Waals surface area contributed by atoms with Gasteiger partial charge in [-0.05, 0) is 49.3 Å². The second kappa shape index (κ2) is 6.82. The van der Waals surface area contributed by atoms with Crippen molar-refractivity contribution in [1.29, 1.82) is 0 Å². The van der Waals surface area contributed by atoms with Crippen LogP contribution < -0.4 is 4.74 Å². The first-order valence-electron chi connectivity index (χ1n) is 7.08. The highest BCUT2D eigenvalue weighted by molar-refractivity contribution is 5.35. The quantitative estimate of drug-likeness (QED) is 0.622. The lowest BCUT2D eigenvalue weighted by Crippen LogP contribution is -2.05. The van der Waals surface area contributed by atoms with Crippen LogP contribution in [-0.2, 0) is 0 Å². The molecule has 0 aliphatic heterocycles. The molecule has 0 aromatic heterocycles. The number of unbranched alkanes of at least 4 members (excludes halogenated alkanes) is 2. The minimum atomic E-state index is 0.466. The number of ether oxygens (including phenoxy) is 1. The maximum absolute atomic E-state index is 5.85. The summed E-state index contributed by atoms with van der Waals surface area (Å²) in [5, 5.41) is 0. The molecule has 1 rings (SSSR count). The molecule has 102 valence electrons. The first-order valence-corrected chi connectivity index (χ1v) is 7.08. The molecule has 0 aliphatic rings. The molecule has 18 heavy (non-hydrogen) atoms. The Morgan fingerprint density at radius 3 is 2.39 bits per heavy atom. The second-order valence-corrected chi connectivity index (χ2v) is 6.49. The maximum atomic E-state index is 5.85. The number of hydrogen-bond acceptors (Lipinski definition) is 1. The molecule has 0 spiro atoms. The van der Waals surface area contributed by atoms with Crippen LogP contribution in [0.15, 0.2) is 18.2 Å². The Morgan fingerprint density at radius 2 is 1.72 bits per heavy atom. The van der Waals surface area contributed by atoms with Crippen LogP contribution in [0, 0.1) is 19.3 Å². The van der Waals surface area contributed by atoms with E-state index in [9.17, 15) is 0 Å². The monoisotopic (exact) mass is 248 g/mol. The molecule has 1 nitrogen and oxygen atoms in total. The number of hydrogen-bond donors (Lipinski definition) is 0. The predicted molar refractivity (Wildman–Crippen MR) is 79.3 cm³/mol. The summed E-state index contributed by atoms with van der Waals surface area (Å²) in [6, 6.07) is 6.39. The van der Waals surface area contributed by atoms with Crippen molar-refractivity contribution in [2.24, 2.45) is 5.41 Å². The molecule has 0 fully saturated rings. The van der Waals surface area contributed by atoms with Gasteiger partial charge >= 0.3 is 0 Å². The predicted octanol–water partition coefficient (Wildman–Crippen LogP) is 5.29. The Balaban J connectivity index is 2.20. The van der Waals surface area contributed by atoms with E-state index >= 15 is 0 Å². The number of aryl methyl sites for hydroxylation is 2. The van der Waals surface area contributed by atoms with Gasteiger partial charge in [-0.25, -0.2) is 0 Å². The molecule has 0 saturated carbocycles. The first kappa shape index (κ1) is 15.1. The number of benzene rings is 1. The van der Waals surface area contributed by atoms with E-state index in [4.69, 9.17) is 4.74 Å². The molecule has 0 atom stereocenters. The Morgan fingerprint density at radius 1 is 1.00 bits per heavy atom. The first-order chi connectivity index (χ1) is 8.38. The average molecular weight is 248 g/mol. The fourth-order valence-corrected chi connectivity index (χ4v) is 1.98. The highest BCUT2D eigenvalue weighted by Crippen LogP contribution is 2.22. The summed E-state index contributed by atoms with van der Waals surface area (Å²) in [6.07, 6.45) is 5.03. The van der Waals surface area contributed by atoms with Gasteiger partial charge in [0.1, 0.15) is 5.75 Å². The minimum absolute atomic E-state index is 0.466. The third-order valence-electron chi connectivity index (χ3n) is 3.17. The summed E-state index contributed by atoms with van der Waals surface area (Å²) in [4.78, 5) is 0. The summed E-state index contributed by atoms with van der Waals surface area (Å²) in [5.74, 6) is 1.05. The van der Waals surface area contributed by atoms with Crippen molar-refractivity contribution in [1.82, 2.24) is 0 Å². The van der Waals surface area contributed by atoms with Gasteiger partial charge in [0.25, 0.3) is 0 Å². The van der Waals surface area contributed by atoms with E-state index in [1.54, 1.807) is 0 Å². The van der Waals surface area contributed by atoms with Gasteiger partial charge in [-0.15, -0.1) is 0 Å². The molecular weight excluding hydrogens is 220 g/mol. The summed E-state index contributed by atoms with van der Waals surface area (Å²) in [6.45, 7) is 12.0. The van der Waals surface area contributed by atoms with Crippen molar-refractivity contribution in [3.63, 3.8) is 0 Å². The molecule has 1 aromatic rings. The molecule has 0 N–H and O–H groups in total. The van der Waals surface area contributed by atoms with Crippen molar-refractivity contribution in [2.75, 3.05) is 6.61 Å². The smallest absolute Gasteiger partial charge is 0.122 e. The molecule has 1 aromatic carbocycles. The van der Waals surface area contributed by atoms with Crippen LogP contribution in [0.2, 0.25) is 0 Å². The fraction of sp³-hybridized carbons (Fsp3) is 0.647. The number of rotatable bonds is 6. The van der Waals surface area contributed by atoms with E-state index < -0.39 is 0 Å². The van der Waals surface area contributed by atoms with Crippen molar-refractivity contribution in [3.05, 3.63) is 29.3 Å². The van der Waals surface area contributed by atoms with Gasteiger partial charge in [0, 0.05) is 0 Å². The maximum Gasteiger partial charge on any atom is 0.122 e. The zero-order valence-corrected chi connectivity index (χ0v) is 12.7. The van der Waals surface area contributed by atoms with E-state index in [2.05, 4.69) is 52.8 Å². The largest absolute Gasteiger partial charge is 0.493 e. The summed E-state index contributed by atoms with van der Waals surface area (Å²) in [5.41, 5.74) is 2.96. The SMILES string of the molecule is Cc1ccc(C)c(OCCCCCC(C)(C)C)c1. The van der Waals surface area contributed by atoms with Crippen LogP contribution in [0.3, 0.4) is 0 Å². The fourth-order valence-electron chi connectivity index (χ4n) is 1.98. The van der Waals surface area contributed by atoms with Gasteiger partial charge in [0.15, 0.2) is 0 Å². The summed E-state index contributed by atoms with van der Waals surface area (Å²) >= 11 is 0. The van der Waals surface area contributed by atoms with E-state index in [1.165, 1.54) is 30.4 Å². The van der Waals surface area contributed by atoms with Crippen molar-refractivity contribution < 1.29 is 4.74 Å². The molecule has 0 heterocycles. The van der Waals surface area contributed by atoms with E-state index in [0.29, 0.717) is 5.41 Å². The van der Waals surface area contributed by atoms with Crippen LogP contribution in [-0.4, -0.2) is 6.61 Å². The van der Waals surface area contributed by atoms with Gasteiger partial charge < -0.3 is 4.74 Å². The van der Waals surface area contributed by atoms with Crippen molar-refractivity contribution in [2.45, 2.75) is 60.3 Å². The van der Waals surface area contributed by atoms with Gasteiger partial charge in [-0.3, -0.25) is 0 Å². The van der Waals surface area contributed by atoms with Crippen LogP contribution in [0.1, 0.15) is 57.6 Å². The zero-order valence-electron chi connectivity index (χ0n) is 12.7. The lowest BCUT2D eigenvalue weighted by atomic mass is 9.89. The normalized spacial score (nSPS) is 11.6. The van der Waals surface area contributed by atoms with Crippen molar-refractivity contribution >= 4 is 0 Å². The average Bonchev–Trinajstić information content (AvgIpc) is 2.26. The van der Waals surface area contributed by atoms with Gasteiger partial charge in [-0.1, -0.05) is 45.7 Å². The zero-order chi connectivity index (χ0) is 13.6. The Hall–Kier alpha value is -0.980. The minimum Gasteiger partial charge on any atom is -0.493 e. The highest BCUT2D eigenvalue weighted by Gasteiger charge is 2.08. The Bertz CT molecular complexity index is 360. The lowest BCUT2D eigenvalue weighted by Gasteiger charge is -2.17. The third-order valence-corrected chi connectivity index (χ3v) is 3.17. The Labute approximate surface area is 113 Å². The molecule has 0 unspecified atom stereocenters. The van der Waals surface area contributed by atoms with Crippen LogP contribution in [0.5, 0.6) is 5.75 Å². The molecule has 0 bridgehead atoms. The molecule has 0 amide bonds. The summed E-state index contributed by atoms with van der Waals surface area (Å²) in [7, 11) is 0.